The van der Waals surface area contributed by atoms with E-state index in [0.29, 0.717) is 0 Å². The molecular formula is C15H25N3O2. The van der Waals surface area contributed by atoms with E-state index in [4.69, 9.17) is 4.74 Å². The molecule has 2 rings (SSSR count). The van der Waals surface area contributed by atoms with Crippen LogP contribution in [0.15, 0.2) is 12.4 Å². The molecule has 5 heteroatoms. The summed E-state index contributed by atoms with van der Waals surface area (Å²) in [4.78, 5) is 12.3. The number of esters is 1. The Morgan fingerprint density at radius 3 is 2.90 bits per heavy atom. The van der Waals surface area contributed by atoms with Crippen molar-refractivity contribution in [3.8, 4) is 0 Å². The third-order valence-corrected chi connectivity index (χ3v) is 3.97. The van der Waals surface area contributed by atoms with Gasteiger partial charge in [0.1, 0.15) is 5.54 Å². The van der Waals surface area contributed by atoms with E-state index in [9.17, 15) is 4.79 Å². The average Bonchev–Trinajstić information content (AvgIpc) is 2.84. The number of carbonyl (C=O) groups is 1. The van der Waals surface area contributed by atoms with E-state index in [1.54, 1.807) is 0 Å². The van der Waals surface area contributed by atoms with Crippen molar-refractivity contribution < 1.29 is 9.53 Å². The number of hydrogen-bond donors (Lipinski definition) is 1. The maximum atomic E-state index is 12.3. The molecule has 0 radical (unpaired) electrons. The van der Waals surface area contributed by atoms with E-state index in [2.05, 4.69) is 24.3 Å². The van der Waals surface area contributed by atoms with Crippen molar-refractivity contribution >= 4 is 5.97 Å². The van der Waals surface area contributed by atoms with Crippen LogP contribution in [0.2, 0.25) is 0 Å². The van der Waals surface area contributed by atoms with Gasteiger partial charge in [0.05, 0.1) is 19.3 Å². The van der Waals surface area contributed by atoms with Gasteiger partial charge in [-0.3, -0.25) is 14.8 Å². The second-order valence-corrected chi connectivity index (χ2v) is 6.12. The van der Waals surface area contributed by atoms with Crippen LogP contribution in [0.1, 0.15) is 51.1 Å². The SMILES string of the molecule is COC(=O)C1(NC(C)C)CCCC(n2cc(C)cn2)C1. The molecule has 1 heterocycles. The number of nitrogens with one attached hydrogen (secondary N) is 1. The van der Waals surface area contributed by atoms with Crippen LogP contribution in [-0.4, -0.2) is 34.4 Å². The van der Waals surface area contributed by atoms with Crippen LogP contribution in [0.4, 0.5) is 0 Å². The minimum Gasteiger partial charge on any atom is -0.468 e. The van der Waals surface area contributed by atoms with Crippen LogP contribution in [0.5, 0.6) is 0 Å². The van der Waals surface area contributed by atoms with Crippen molar-refractivity contribution in [1.82, 2.24) is 15.1 Å². The largest absolute Gasteiger partial charge is 0.468 e. The van der Waals surface area contributed by atoms with Gasteiger partial charge in [0, 0.05) is 12.2 Å². The first-order valence-electron chi connectivity index (χ1n) is 7.34. The quantitative estimate of drug-likeness (QED) is 0.859. The second-order valence-electron chi connectivity index (χ2n) is 6.12. The lowest BCUT2D eigenvalue weighted by Crippen LogP contribution is -2.57. The lowest BCUT2D eigenvalue weighted by atomic mass is 9.78. The molecule has 1 saturated carbocycles. The van der Waals surface area contributed by atoms with Gasteiger partial charge in [0.15, 0.2) is 0 Å². The predicted molar refractivity (Wildman–Crippen MR) is 77.5 cm³/mol. The molecule has 0 saturated heterocycles. The van der Waals surface area contributed by atoms with Crippen molar-refractivity contribution in [3.05, 3.63) is 18.0 Å². The fourth-order valence-corrected chi connectivity index (χ4v) is 3.23. The molecule has 0 spiro atoms. The summed E-state index contributed by atoms with van der Waals surface area (Å²) in [5.41, 5.74) is 0.571. The highest BCUT2D eigenvalue weighted by Crippen LogP contribution is 2.36. The molecule has 2 unspecified atom stereocenters. The van der Waals surface area contributed by atoms with Gasteiger partial charge in [-0.15, -0.1) is 0 Å². The van der Waals surface area contributed by atoms with Gasteiger partial charge >= 0.3 is 5.97 Å². The Labute approximate surface area is 120 Å². The van der Waals surface area contributed by atoms with Crippen molar-refractivity contribution in [1.29, 1.82) is 0 Å². The summed E-state index contributed by atoms with van der Waals surface area (Å²) < 4.78 is 7.05. The first kappa shape index (κ1) is 15.0. The van der Waals surface area contributed by atoms with E-state index < -0.39 is 5.54 Å². The Morgan fingerprint density at radius 2 is 2.35 bits per heavy atom. The van der Waals surface area contributed by atoms with Gasteiger partial charge in [-0.25, -0.2) is 0 Å². The Bertz CT molecular complexity index is 469. The zero-order valence-corrected chi connectivity index (χ0v) is 12.8. The molecule has 0 bridgehead atoms. The zero-order valence-electron chi connectivity index (χ0n) is 12.8. The van der Waals surface area contributed by atoms with Gasteiger partial charge in [0.2, 0.25) is 0 Å². The Hall–Kier alpha value is -1.36. The minimum absolute atomic E-state index is 0.153. The van der Waals surface area contributed by atoms with Crippen molar-refractivity contribution in [2.75, 3.05) is 7.11 Å². The third kappa shape index (κ3) is 3.03. The van der Waals surface area contributed by atoms with Crippen molar-refractivity contribution in [2.24, 2.45) is 0 Å². The van der Waals surface area contributed by atoms with Crippen LogP contribution in [0.25, 0.3) is 0 Å². The van der Waals surface area contributed by atoms with Crippen molar-refractivity contribution in [3.63, 3.8) is 0 Å². The van der Waals surface area contributed by atoms with E-state index in [-0.39, 0.29) is 18.1 Å². The third-order valence-electron chi connectivity index (χ3n) is 3.97. The number of aromatic nitrogens is 2. The molecule has 0 aromatic carbocycles. The molecule has 1 aromatic rings. The second kappa shape index (κ2) is 5.95. The van der Waals surface area contributed by atoms with Crippen LogP contribution in [0.3, 0.4) is 0 Å². The van der Waals surface area contributed by atoms with E-state index in [1.807, 2.05) is 24.0 Å². The Kier molecular flexibility index (Phi) is 4.48. The lowest BCUT2D eigenvalue weighted by molar-refractivity contribution is -0.151. The highest BCUT2D eigenvalue weighted by atomic mass is 16.5. The van der Waals surface area contributed by atoms with Crippen LogP contribution in [0, 0.1) is 6.92 Å². The normalized spacial score (nSPS) is 26.8. The number of rotatable bonds is 4. The number of ether oxygens (including phenoxy) is 1. The smallest absolute Gasteiger partial charge is 0.326 e. The minimum atomic E-state index is -0.578. The maximum Gasteiger partial charge on any atom is 0.326 e. The number of carbonyl (C=O) groups excluding carboxylic acids is 1. The molecule has 20 heavy (non-hydrogen) atoms. The maximum absolute atomic E-state index is 12.3. The topological polar surface area (TPSA) is 56.1 Å². The summed E-state index contributed by atoms with van der Waals surface area (Å²) in [6, 6.07) is 0.495. The van der Waals surface area contributed by atoms with E-state index >= 15 is 0 Å². The first-order chi connectivity index (χ1) is 9.47. The molecule has 1 aromatic heterocycles. The zero-order chi connectivity index (χ0) is 14.8. The summed E-state index contributed by atoms with van der Waals surface area (Å²) in [5.74, 6) is -0.153. The van der Waals surface area contributed by atoms with Crippen LogP contribution < -0.4 is 5.32 Å². The summed E-state index contributed by atoms with van der Waals surface area (Å²) in [7, 11) is 1.47. The molecule has 5 nitrogen and oxygen atoms in total. The molecule has 0 amide bonds. The van der Waals surface area contributed by atoms with Gasteiger partial charge < -0.3 is 4.74 Å². The summed E-state index contributed by atoms with van der Waals surface area (Å²) in [5, 5.41) is 7.84. The number of aryl methyl sites for hydroxylation is 1. The highest BCUT2D eigenvalue weighted by Gasteiger charge is 2.44. The standard InChI is InChI=1S/C15H25N3O2/c1-11(2)17-15(14(19)20-4)7-5-6-13(8-15)18-10-12(3)9-16-18/h9-11,13,17H,5-8H2,1-4H3. The van der Waals surface area contributed by atoms with Crippen LogP contribution >= 0.6 is 0 Å². The van der Waals surface area contributed by atoms with Gasteiger partial charge in [-0.05, 0) is 52.0 Å². The highest BCUT2D eigenvalue weighted by molar-refractivity contribution is 5.81. The molecule has 1 N–H and O–H groups in total. The average molecular weight is 279 g/mol. The number of hydrogen-bond acceptors (Lipinski definition) is 4. The lowest BCUT2D eigenvalue weighted by Gasteiger charge is -2.40. The molecule has 1 fully saturated rings. The molecule has 0 aliphatic heterocycles. The van der Waals surface area contributed by atoms with E-state index in [1.165, 1.54) is 7.11 Å². The molecular weight excluding hydrogens is 254 g/mol. The number of nitrogens with zero attached hydrogens (tertiary/aromatic N) is 2. The number of methoxy groups -OCH3 is 1. The van der Waals surface area contributed by atoms with Gasteiger partial charge in [0.25, 0.3) is 0 Å². The van der Waals surface area contributed by atoms with E-state index in [0.717, 1.165) is 31.2 Å². The Balaban J connectivity index is 2.22. The molecule has 1 aliphatic rings. The fraction of sp³-hybridized carbons (Fsp3) is 0.733. The predicted octanol–water partition coefficient (Wildman–Crippen LogP) is 2.22. The Morgan fingerprint density at radius 1 is 1.60 bits per heavy atom. The monoisotopic (exact) mass is 279 g/mol. The summed E-state index contributed by atoms with van der Waals surface area (Å²) >= 11 is 0. The fourth-order valence-electron chi connectivity index (χ4n) is 3.23. The van der Waals surface area contributed by atoms with Gasteiger partial charge in [-0.2, -0.15) is 5.10 Å². The van der Waals surface area contributed by atoms with Gasteiger partial charge in [-0.1, -0.05) is 0 Å². The van der Waals surface area contributed by atoms with Crippen LogP contribution in [-0.2, 0) is 9.53 Å². The first-order valence-corrected chi connectivity index (χ1v) is 7.34. The molecule has 112 valence electrons. The summed E-state index contributed by atoms with van der Waals surface area (Å²) in [6.07, 6.45) is 7.53. The summed E-state index contributed by atoms with van der Waals surface area (Å²) in [6.45, 7) is 6.16. The molecule has 1 aliphatic carbocycles. The molecule has 2 atom stereocenters. The van der Waals surface area contributed by atoms with Crippen molar-refractivity contribution in [2.45, 2.75) is 64.1 Å².